The number of rotatable bonds is 3. The molecule has 1 aromatic carbocycles. The third kappa shape index (κ3) is 2.35. The molecule has 1 heterocycles. The topological polar surface area (TPSA) is 65.1 Å². The van der Waals surface area contributed by atoms with E-state index >= 15 is 0 Å². The summed E-state index contributed by atoms with van der Waals surface area (Å²) in [5, 5.41) is 11.0. The predicted octanol–water partition coefficient (Wildman–Crippen LogP) is 3.27. The number of carbonyl (C=O) groups excluding carboxylic acids is 1. The zero-order chi connectivity index (χ0) is 15.0. The van der Waals surface area contributed by atoms with E-state index in [2.05, 4.69) is 0 Å². The van der Waals surface area contributed by atoms with Crippen molar-refractivity contribution in [2.75, 3.05) is 0 Å². The van der Waals surface area contributed by atoms with E-state index in [1.54, 1.807) is 13.0 Å². The molecule has 1 aliphatic carbocycles. The normalized spacial score (nSPS) is 14.0. The highest BCUT2D eigenvalue weighted by Gasteiger charge is 2.21. The molecule has 2 aromatic rings. The van der Waals surface area contributed by atoms with E-state index in [1.165, 1.54) is 6.07 Å². The predicted molar refractivity (Wildman–Crippen MR) is 78.6 cm³/mol. The van der Waals surface area contributed by atoms with Gasteiger partial charge in [0.2, 0.25) is 0 Å². The molecule has 0 amide bonds. The van der Waals surface area contributed by atoms with Gasteiger partial charge in [-0.2, -0.15) is 0 Å². The summed E-state index contributed by atoms with van der Waals surface area (Å²) in [5.41, 5.74) is 3.61. The molecule has 0 bridgehead atoms. The molecular formula is C16H16N2O3. The third-order valence-corrected chi connectivity index (χ3v) is 4.15. The van der Waals surface area contributed by atoms with E-state index in [0.29, 0.717) is 18.5 Å². The fraction of sp³-hybridized carbons (Fsp3) is 0.312. The van der Waals surface area contributed by atoms with Gasteiger partial charge in [0.05, 0.1) is 4.92 Å². The quantitative estimate of drug-likeness (QED) is 0.641. The second-order valence-electron chi connectivity index (χ2n) is 5.40. The van der Waals surface area contributed by atoms with Crippen molar-refractivity contribution in [1.82, 2.24) is 4.57 Å². The maximum Gasteiger partial charge on any atom is 0.272 e. The lowest BCUT2D eigenvalue weighted by Gasteiger charge is -2.16. The van der Waals surface area contributed by atoms with Crippen LogP contribution in [0.15, 0.2) is 30.5 Å². The number of nitro benzene ring substituents is 1. The number of aromatic nitrogens is 1. The Bertz CT molecular complexity index is 731. The van der Waals surface area contributed by atoms with Gasteiger partial charge in [-0.15, -0.1) is 0 Å². The first kappa shape index (κ1) is 13.5. The summed E-state index contributed by atoms with van der Waals surface area (Å²) in [5.74, 6) is 0.200. The molecule has 0 fully saturated rings. The molecule has 0 saturated carbocycles. The van der Waals surface area contributed by atoms with Crippen LogP contribution in [0.1, 0.15) is 40.0 Å². The number of ketones is 1. The molecule has 3 rings (SSSR count). The van der Waals surface area contributed by atoms with Crippen LogP contribution in [0.25, 0.3) is 0 Å². The maximum absolute atomic E-state index is 11.9. The van der Waals surface area contributed by atoms with Crippen molar-refractivity contribution in [3.05, 3.63) is 63.0 Å². The summed E-state index contributed by atoms with van der Waals surface area (Å²) < 4.78 is 2.04. The Morgan fingerprint density at radius 3 is 2.86 bits per heavy atom. The van der Waals surface area contributed by atoms with Crippen LogP contribution in [0, 0.1) is 17.0 Å². The number of Topliss-reactive ketones (excluding diaryl/α,β-unsaturated/α-hetero) is 1. The Labute approximate surface area is 122 Å². The average molecular weight is 284 g/mol. The van der Waals surface area contributed by atoms with E-state index in [0.717, 1.165) is 29.7 Å². The van der Waals surface area contributed by atoms with Gasteiger partial charge in [-0.25, -0.2) is 0 Å². The number of carbonyl (C=O) groups is 1. The van der Waals surface area contributed by atoms with Crippen LogP contribution in [-0.4, -0.2) is 15.3 Å². The van der Waals surface area contributed by atoms with E-state index < -0.39 is 0 Å². The van der Waals surface area contributed by atoms with Gasteiger partial charge in [-0.3, -0.25) is 14.9 Å². The summed E-state index contributed by atoms with van der Waals surface area (Å²) in [6, 6.07) is 7.00. The summed E-state index contributed by atoms with van der Waals surface area (Å²) in [4.78, 5) is 22.5. The van der Waals surface area contributed by atoms with Crippen LogP contribution in [0.3, 0.4) is 0 Å². The molecule has 0 atom stereocenters. The van der Waals surface area contributed by atoms with Crippen LogP contribution in [0.2, 0.25) is 0 Å². The highest BCUT2D eigenvalue weighted by atomic mass is 16.6. The fourth-order valence-electron chi connectivity index (χ4n) is 2.96. The van der Waals surface area contributed by atoms with E-state index in [-0.39, 0.29) is 16.4 Å². The minimum Gasteiger partial charge on any atom is -0.346 e. The lowest BCUT2D eigenvalue weighted by Crippen LogP contribution is -2.14. The van der Waals surface area contributed by atoms with Gasteiger partial charge in [0, 0.05) is 42.0 Å². The minimum absolute atomic E-state index is 0.143. The van der Waals surface area contributed by atoms with Gasteiger partial charge in [0.15, 0.2) is 5.78 Å². The van der Waals surface area contributed by atoms with Crippen molar-refractivity contribution in [1.29, 1.82) is 0 Å². The molecule has 0 N–H and O–H groups in total. The average Bonchev–Trinajstić information content (AvgIpc) is 2.85. The Balaban J connectivity index is 1.97. The molecule has 0 unspecified atom stereocenters. The van der Waals surface area contributed by atoms with Crippen molar-refractivity contribution >= 4 is 11.5 Å². The number of nitrogens with zero attached hydrogens (tertiary/aromatic N) is 2. The van der Waals surface area contributed by atoms with E-state index in [4.69, 9.17) is 0 Å². The highest BCUT2D eigenvalue weighted by Crippen LogP contribution is 2.26. The molecule has 0 spiro atoms. The monoisotopic (exact) mass is 284 g/mol. The lowest BCUT2D eigenvalue weighted by atomic mass is 9.96. The number of fused-ring (bicyclic) bond motifs is 1. The molecule has 5 nitrogen and oxygen atoms in total. The molecule has 0 aliphatic heterocycles. The molecule has 5 heteroatoms. The fourth-order valence-corrected chi connectivity index (χ4v) is 2.96. The molecule has 108 valence electrons. The van der Waals surface area contributed by atoms with Crippen LogP contribution in [0.5, 0.6) is 0 Å². The van der Waals surface area contributed by atoms with Crippen molar-refractivity contribution in [2.45, 2.75) is 32.7 Å². The first-order chi connectivity index (χ1) is 10.1. The molecular weight excluding hydrogens is 268 g/mol. The second kappa shape index (κ2) is 5.16. The Hall–Kier alpha value is -2.43. The SMILES string of the molecule is Cc1c(Cn2ccc3c2CCCC3=O)cccc1[N+](=O)[O-]. The molecule has 1 aromatic heterocycles. The third-order valence-electron chi connectivity index (χ3n) is 4.15. The van der Waals surface area contributed by atoms with Gasteiger partial charge in [0.1, 0.15) is 0 Å². The van der Waals surface area contributed by atoms with Gasteiger partial charge in [-0.1, -0.05) is 12.1 Å². The zero-order valence-electron chi connectivity index (χ0n) is 11.8. The van der Waals surface area contributed by atoms with Crippen LogP contribution in [-0.2, 0) is 13.0 Å². The summed E-state index contributed by atoms with van der Waals surface area (Å²) >= 11 is 0. The first-order valence-corrected chi connectivity index (χ1v) is 7.02. The van der Waals surface area contributed by atoms with Gasteiger partial charge in [0.25, 0.3) is 5.69 Å². The second-order valence-corrected chi connectivity index (χ2v) is 5.40. The van der Waals surface area contributed by atoms with Crippen LogP contribution < -0.4 is 0 Å². The number of benzene rings is 1. The standard InChI is InChI=1S/C16H16N2O3/c1-11-12(4-2-5-14(11)18(20)21)10-17-9-8-13-15(17)6-3-7-16(13)19/h2,4-5,8-9H,3,6-7,10H2,1H3. The van der Waals surface area contributed by atoms with Gasteiger partial charge in [-0.05, 0) is 31.4 Å². The minimum atomic E-state index is -0.354. The maximum atomic E-state index is 11.9. The van der Waals surface area contributed by atoms with Crippen molar-refractivity contribution in [3.63, 3.8) is 0 Å². The van der Waals surface area contributed by atoms with Crippen molar-refractivity contribution in [3.8, 4) is 0 Å². The zero-order valence-corrected chi connectivity index (χ0v) is 11.8. The van der Waals surface area contributed by atoms with Gasteiger partial charge < -0.3 is 4.57 Å². The first-order valence-electron chi connectivity index (χ1n) is 7.02. The smallest absolute Gasteiger partial charge is 0.272 e. The number of hydrogen-bond acceptors (Lipinski definition) is 3. The molecule has 21 heavy (non-hydrogen) atoms. The van der Waals surface area contributed by atoms with Crippen LogP contribution >= 0.6 is 0 Å². The largest absolute Gasteiger partial charge is 0.346 e. The number of nitro groups is 1. The summed E-state index contributed by atoms with van der Waals surface area (Å²) in [7, 11) is 0. The molecule has 0 radical (unpaired) electrons. The summed E-state index contributed by atoms with van der Waals surface area (Å²) in [6.07, 6.45) is 4.30. The van der Waals surface area contributed by atoms with Crippen LogP contribution in [0.4, 0.5) is 5.69 Å². The van der Waals surface area contributed by atoms with E-state index in [9.17, 15) is 14.9 Å². The molecule has 1 aliphatic rings. The Morgan fingerprint density at radius 2 is 2.10 bits per heavy atom. The lowest BCUT2D eigenvalue weighted by molar-refractivity contribution is -0.385. The number of hydrogen-bond donors (Lipinski definition) is 0. The van der Waals surface area contributed by atoms with E-state index in [1.807, 2.05) is 22.9 Å². The summed E-state index contributed by atoms with van der Waals surface area (Å²) in [6.45, 7) is 2.34. The van der Waals surface area contributed by atoms with Crippen molar-refractivity contribution < 1.29 is 9.72 Å². The molecule has 0 saturated heterocycles. The van der Waals surface area contributed by atoms with Crippen molar-refractivity contribution in [2.24, 2.45) is 0 Å². The highest BCUT2D eigenvalue weighted by molar-refractivity contribution is 5.98. The van der Waals surface area contributed by atoms with Gasteiger partial charge >= 0.3 is 0 Å². The Kier molecular flexibility index (Phi) is 3.33. The Morgan fingerprint density at radius 1 is 1.29 bits per heavy atom.